The molecular weight excluding hydrogens is 378 g/mol. The fourth-order valence-electron chi connectivity index (χ4n) is 3.58. The number of hydrogen-bond donors (Lipinski definition) is 1. The average Bonchev–Trinajstić information content (AvgIpc) is 3.01. The highest BCUT2D eigenvalue weighted by atomic mass is 16.5. The first-order valence-electron chi connectivity index (χ1n) is 9.95. The maximum Gasteiger partial charge on any atom is 0.302 e. The molecule has 0 aliphatic heterocycles. The van der Waals surface area contributed by atoms with Gasteiger partial charge in [-0.25, -0.2) is 0 Å². The van der Waals surface area contributed by atoms with Gasteiger partial charge in [-0.2, -0.15) is 0 Å². The second kappa shape index (κ2) is 8.37. The maximum atomic E-state index is 12.3. The van der Waals surface area contributed by atoms with E-state index in [1.807, 2.05) is 74.5 Å². The van der Waals surface area contributed by atoms with Crippen molar-refractivity contribution < 1.29 is 14.6 Å². The molecule has 0 bridgehead atoms. The number of nitrogens with zero attached hydrogens (tertiary/aromatic N) is 3. The van der Waals surface area contributed by atoms with E-state index >= 15 is 0 Å². The van der Waals surface area contributed by atoms with E-state index in [0.29, 0.717) is 18.0 Å². The van der Waals surface area contributed by atoms with Crippen LogP contribution in [0.3, 0.4) is 0 Å². The first-order chi connectivity index (χ1) is 14.6. The summed E-state index contributed by atoms with van der Waals surface area (Å²) in [4.78, 5) is 12.3. The largest absolute Gasteiger partial charge is 0.493 e. The van der Waals surface area contributed by atoms with Crippen molar-refractivity contribution in [3.05, 3.63) is 66.2 Å². The molecule has 0 spiro atoms. The molecule has 0 aliphatic rings. The summed E-state index contributed by atoms with van der Waals surface area (Å²) in [7, 11) is 0. The lowest BCUT2D eigenvalue weighted by atomic mass is 10.1. The van der Waals surface area contributed by atoms with Gasteiger partial charge in [0.1, 0.15) is 5.75 Å². The zero-order valence-corrected chi connectivity index (χ0v) is 17.0. The lowest BCUT2D eigenvalue weighted by Crippen LogP contribution is -2.08. The minimum absolute atomic E-state index is 0.0176. The van der Waals surface area contributed by atoms with Crippen LogP contribution in [-0.4, -0.2) is 22.2 Å². The number of aromatic hydroxyl groups is 1. The van der Waals surface area contributed by atoms with Crippen LogP contribution in [-0.2, 0) is 11.3 Å². The average molecular weight is 401 g/mol. The summed E-state index contributed by atoms with van der Waals surface area (Å²) in [6, 6.07) is 19.4. The van der Waals surface area contributed by atoms with Gasteiger partial charge < -0.3 is 14.4 Å². The summed E-state index contributed by atoms with van der Waals surface area (Å²) < 4.78 is 7.47. The normalized spacial score (nSPS) is 11.5. The van der Waals surface area contributed by atoms with Gasteiger partial charge in [0.15, 0.2) is 12.3 Å². The zero-order valence-electron chi connectivity index (χ0n) is 17.0. The molecule has 4 aromatic rings. The van der Waals surface area contributed by atoms with E-state index in [1.54, 1.807) is 4.57 Å². The fourth-order valence-corrected chi connectivity index (χ4v) is 3.58. The molecule has 0 saturated carbocycles. The van der Waals surface area contributed by atoms with Crippen LogP contribution >= 0.6 is 0 Å². The van der Waals surface area contributed by atoms with Gasteiger partial charge in [0.05, 0.1) is 5.52 Å². The van der Waals surface area contributed by atoms with Crippen LogP contribution in [0, 0.1) is 6.92 Å². The molecular formula is C24H23N3O3. The van der Waals surface area contributed by atoms with Crippen LogP contribution in [0.15, 0.2) is 70.9 Å². The number of aryl methyl sites for hydroxylation is 2. The van der Waals surface area contributed by atoms with E-state index in [2.05, 4.69) is 10.2 Å². The SMILES string of the molecule is CCCn1c(O)c(N=NC(=O)COc2cccc3ccccc23)c2cc(C)ccc21. The molecule has 1 aromatic heterocycles. The summed E-state index contributed by atoms with van der Waals surface area (Å²) in [6.45, 7) is 4.43. The van der Waals surface area contributed by atoms with Crippen molar-refractivity contribution in [2.45, 2.75) is 26.8 Å². The molecule has 3 aromatic carbocycles. The van der Waals surface area contributed by atoms with Gasteiger partial charge in [0.2, 0.25) is 5.88 Å². The first kappa shape index (κ1) is 19.6. The number of aromatic nitrogens is 1. The number of hydrogen-bond acceptors (Lipinski definition) is 4. The van der Waals surface area contributed by atoms with Gasteiger partial charge in [-0.05, 0) is 36.9 Å². The molecule has 0 radical (unpaired) electrons. The highest BCUT2D eigenvalue weighted by Crippen LogP contribution is 2.39. The molecule has 4 rings (SSSR count). The molecule has 6 heteroatoms. The molecule has 1 N–H and O–H groups in total. The number of amides is 1. The molecule has 0 aliphatic carbocycles. The van der Waals surface area contributed by atoms with Crippen LogP contribution in [0.1, 0.15) is 18.9 Å². The van der Waals surface area contributed by atoms with E-state index in [4.69, 9.17) is 4.74 Å². The molecule has 6 nitrogen and oxygen atoms in total. The standard InChI is InChI=1S/C24H23N3O3/c1-3-13-27-20-12-11-16(2)14-19(20)23(24(27)29)26-25-22(28)15-30-21-10-6-8-17-7-4-5-9-18(17)21/h4-12,14,29H,3,13,15H2,1-2H3. The number of fused-ring (bicyclic) bond motifs is 2. The van der Waals surface area contributed by atoms with Crippen molar-refractivity contribution in [3.63, 3.8) is 0 Å². The van der Waals surface area contributed by atoms with Gasteiger partial charge in [0, 0.05) is 17.3 Å². The van der Waals surface area contributed by atoms with E-state index in [1.165, 1.54) is 0 Å². The second-order valence-electron chi connectivity index (χ2n) is 7.20. The van der Waals surface area contributed by atoms with Gasteiger partial charge in [-0.15, -0.1) is 10.2 Å². The summed E-state index contributed by atoms with van der Waals surface area (Å²) in [5, 5.41) is 21.2. The van der Waals surface area contributed by atoms with E-state index < -0.39 is 5.91 Å². The van der Waals surface area contributed by atoms with Crippen LogP contribution in [0.4, 0.5) is 5.69 Å². The molecule has 0 saturated heterocycles. The number of carbonyl (C=O) groups excluding carboxylic acids is 1. The number of benzene rings is 3. The van der Waals surface area contributed by atoms with Crippen molar-refractivity contribution in [2.75, 3.05) is 6.61 Å². The molecule has 30 heavy (non-hydrogen) atoms. The Hall–Kier alpha value is -3.67. The van der Waals surface area contributed by atoms with Crippen LogP contribution in [0.5, 0.6) is 11.6 Å². The van der Waals surface area contributed by atoms with Crippen molar-refractivity contribution in [1.29, 1.82) is 0 Å². The molecule has 1 amide bonds. The third-order valence-corrected chi connectivity index (χ3v) is 4.97. The molecule has 152 valence electrons. The second-order valence-corrected chi connectivity index (χ2v) is 7.20. The summed E-state index contributed by atoms with van der Waals surface area (Å²) in [5.41, 5.74) is 2.22. The molecule has 0 unspecified atom stereocenters. The van der Waals surface area contributed by atoms with Crippen molar-refractivity contribution in [1.82, 2.24) is 4.57 Å². The topological polar surface area (TPSA) is 76.2 Å². The van der Waals surface area contributed by atoms with Gasteiger partial charge in [0.25, 0.3) is 0 Å². The Morgan fingerprint density at radius 2 is 1.87 bits per heavy atom. The quantitative estimate of drug-likeness (QED) is 0.408. The van der Waals surface area contributed by atoms with E-state index in [0.717, 1.165) is 33.7 Å². The molecule has 1 heterocycles. The smallest absolute Gasteiger partial charge is 0.302 e. The Morgan fingerprint density at radius 1 is 1.07 bits per heavy atom. The van der Waals surface area contributed by atoms with Gasteiger partial charge >= 0.3 is 5.91 Å². The Morgan fingerprint density at radius 3 is 2.70 bits per heavy atom. The number of ether oxygens (including phenoxy) is 1. The third-order valence-electron chi connectivity index (χ3n) is 4.97. The van der Waals surface area contributed by atoms with Crippen molar-refractivity contribution >= 4 is 33.3 Å². The predicted octanol–water partition coefficient (Wildman–Crippen LogP) is 5.91. The van der Waals surface area contributed by atoms with Crippen LogP contribution < -0.4 is 4.74 Å². The Labute approximate surface area is 174 Å². The highest BCUT2D eigenvalue weighted by molar-refractivity contribution is 5.96. The van der Waals surface area contributed by atoms with Gasteiger partial charge in [-0.3, -0.25) is 4.79 Å². The van der Waals surface area contributed by atoms with Crippen molar-refractivity contribution in [3.8, 4) is 11.6 Å². The molecule has 0 fully saturated rings. The highest BCUT2D eigenvalue weighted by Gasteiger charge is 2.17. The summed E-state index contributed by atoms with van der Waals surface area (Å²) in [5.74, 6) is 0.116. The van der Waals surface area contributed by atoms with Crippen LogP contribution in [0.25, 0.3) is 21.7 Å². The van der Waals surface area contributed by atoms with Crippen molar-refractivity contribution in [2.24, 2.45) is 10.2 Å². The monoisotopic (exact) mass is 401 g/mol. The Kier molecular flexibility index (Phi) is 5.48. The Balaban J connectivity index is 1.56. The zero-order chi connectivity index (χ0) is 21.1. The van der Waals surface area contributed by atoms with E-state index in [-0.39, 0.29) is 12.5 Å². The lowest BCUT2D eigenvalue weighted by molar-refractivity contribution is -0.120. The maximum absolute atomic E-state index is 12.3. The fraction of sp³-hybridized carbons (Fsp3) is 0.208. The lowest BCUT2D eigenvalue weighted by Gasteiger charge is -2.07. The van der Waals surface area contributed by atoms with Gasteiger partial charge in [-0.1, -0.05) is 55.0 Å². The third kappa shape index (κ3) is 3.76. The number of carbonyl (C=O) groups is 1. The Bertz CT molecular complexity index is 1250. The number of rotatable bonds is 6. The number of azo groups is 1. The minimum atomic E-state index is -0.522. The van der Waals surface area contributed by atoms with E-state index in [9.17, 15) is 9.90 Å². The molecule has 0 atom stereocenters. The first-order valence-corrected chi connectivity index (χ1v) is 9.95. The minimum Gasteiger partial charge on any atom is -0.493 e. The summed E-state index contributed by atoms with van der Waals surface area (Å²) in [6.07, 6.45) is 0.861. The van der Waals surface area contributed by atoms with Crippen LogP contribution in [0.2, 0.25) is 0 Å². The predicted molar refractivity (Wildman–Crippen MR) is 118 cm³/mol. The summed E-state index contributed by atoms with van der Waals surface area (Å²) >= 11 is 0.